The van der Waals surface area contributed by atoms with Gasteiger partial charge in [0.15, 0.2) is 40.5 Å². The summed E-state index contributed by atoms with van der Waals surface area (Å²) in [6.07, 6.45) is 0. The van der Waals surface area contributed by atoms with Crippen LogP contribution in [-0.4, -0.2) is 15.0 Å². The summed E-state index contributed by atoms with van der Waals surface area (Å²) in [5.41, 5.74) is 9.63. The van der Waals surface area contributed by atoms with Crippen LogP contribution in [0.3, 0.4) is 0 Å². The summed E-state index contributed by atoms with van der Waals surface area (Å²) in [7, 11) is 0. The molecule has 0 fully saturated rings. The van der Waals surface area contributed by atoms with Gasteiger partial charge in [-0.3, -0.25) is 0 Å². The van der Waals surface area contributed by atoms with Crippen LogP contribution in [-0.2, 0) is 5.41 Å². The summed E-state index contributed by atoms with van der Waals surface area (Å²) in [4.78, 5) is 15.3. The predicted molar refractivity (Wildman–Crippen MR) is 238 cm³/mol. The standard InChI is InChI=1S/C54H35N3O2/c1-54(2)45-22-11-10-21-42(45)44-30-49-50(31-46(44)54)58-47-26-24-34(29-48(47)59-49)33-15-12-16-35(27-33)52-55-51(32-13-4-3-5-14-32)56-53(57-52)36-23-25-41-39-19-7-6-17-37(39)38-18-8-9-20-40(38)43(41)28-36/h3-31H,1-2H3. The molecule has 59 heavy (non-hydrogen) atoms. The van der Waals surface area contributed by atoms with Gasteiger partial charge in [-0.25, -0.2) is 15.0 Å². The Kier molecular flexibility index (Phi) is 7.20. The Bertz CT molecular complexity index is 3340. The molecule has 1 aliphatic heterocycles. The third-order valence-electron chi connectivity index (χ3n) is 12.2. The van der Waals surface area contributed by atoms with Crippen LogP contribution in [0.25, 0.3) is 88.7 Å². The topological polar surface area (TPSA) is 57.1 Å². The van der Waals surface area contributed by atoms with Crippen molar-refractivity contribution in [1.82, 2.24) is 15.0 Å². The zero-order valence-electron chi connectivity index (χ0n) is 32.4. The lowest BCUT2D eigenvalue weighted by Gasteiger charge is -2.25. The summed E-state index contributed by atoms with van der Waals surface area (Å²) in [5, 5.41) is 7.28. The maximum Gasteiger partial charge on any atom is 0.170 e. The minimum atomic E-state index is -0.125. The van der Waals surface area contributed by atoms with Crippen molar-refractivity contribution in [3.05, 3.63) is 187 Å². The first-order valence-electron chi connectivity index (χ1n) is 20.0. The van der Waals surface area contributed by atoms with Crippen LogP contribution in [0.15, 0.2) is 176 Å². The van der Waals surface area contributed by atoms with E-state index in [0.29, 0.717) is 29.0 Å². The molecular formula is C54H35N3O2. The molecule has 10 aromatic rings. The summed E-state index contributed by atoms with van der Waals surface area (Å²) in [6.45, 7) is 4.55. The molecular weight excluding hydrogens is 723 g/mol. The largest absolute Gasteiger partial charge is 0.450 e. The lowest BCUT2D eigenvalue weighted by molar-refractivity contribution is 0.359. The Morgan fingerprint density at radius 1 is 0.322 bits per heavy atom. The van der Waals surface area contributed by atoms with Crippen molar-refractivity contribution >= 4 is 32.3 Å². The molecule has 0 spiro atoms. The summed E-state index contributed by atoms with van der Waals surface area (Å²) < 4.78 is 13.1. The first kappa shape index (κ1) is 33.5. The van der Waals surface area contributed by atoms with Crippen LogP contribution in [0.1, 0.15) is 25.0 Å². The molecule has 5 heteroatoms. The highest BCUT2D eigenvalue weighted by Crippen LogP contribution is 2.55. The quantitative estimate of drug-likeness (QED) is 0.167. The van der Waals surface area contributed by atoms with E-state index < -0.39 is 0 Å². The molecule has 0 N–H and O–H groups in total. The second-order valence-electron chi connectivity index (χ2n) is 16.0. The Hall–Kier alpha value is -7.63. The lowest BCUT2D eigenvalue weighted by Crippen LogP contribution is -2.15. The average molecular weight is 758 g/mol. The number of rotatable bonds is 4. The summed E-state index contributed by atoms with van der Waals surface area (Å²) in [5.74, 6) is 4.66. The molecule has 0 saturated carbocycles. The number of benzene rings is 9. The van der Waals surface area contributed by atoms with Crippen molar-refractivity contribution in [3.8, 4) is 79.4 Å². The molecule has 9 aromatic carbocycles. The molecule has 0 saturated heterocycles. The highest BCUT2D eigenvalue weighted by atomic mass is 16.6. The maximum absolute atomic E-state index is 6.62. The molecule has 278 valence electrons. The van der Waals surface area contributed by atoms with E-state index in [0.717, 1.165) is 39.3 Å². The van der Waals surface area contributed by atoms with E-state index in [4.69, 9.17) is 24.4 Å². The molecule has 5 nitrogen and oxygen atoms in total. The molecule has 0 bridgehead atoms. The first-order chi connectivity index (χ1) is 29.0. The monoisotopic (exact) mass is 757 g/mol. The fraction of sp³-hybridized carbons (Fsp3) is 0.0556. The lowest BCUT2D eigenvalue weighted by atomic mass is 9.82. The SMILES string of the molecule is CC1(C)c2ccccc2-c2cc3c(cc21)Oc1ccc(-c2cccc(-c4nc(-c5ccccc5)nc(-c5ccc6c7ccccc7c7ccccc7c6c5)n4)c2)cc1O3. The van der Waals surface area contributed by atoms with E-state index >= 15 is 0 Å². The third kappa shape index (κ3) is 5.28. The van der Waals surface area contributed by atoms with E-state index in [2.05, 4.69) is 153 Å². The van der Waals surface area contributed by atoms with E-state index in [9.17, 15) is 0 Å². The van der Waals surface area contributed by atoms with E-state index in [1.54, 1.807) is 0 Å². The maximum atomic E-state index is 6.62. The van der Waals surface area contributed by atoms with Gasteiger partial charge in [-0.2, -0.15) is 0 Å². The summed E-state index contributed by atoms with van der Waals surface area (Å²) >= 11 is 0. The van der Waals surface area contributed by atoms with Gasteiger partial charge in [0.05, 0.1) is 0 Å². The Morgan fingerprint density at radius 3 is 1.58 bits per heavy atom. The fourth-order valence-electron chi connectivity index (χ4n) is 9.19. The smallest absolute Gasteiger partial charge is 0.170 e. The van der Waals surface area contributed by atoms with Gasteiger partial charge in [0.2, 0.25) is 0 Å². The minimum Gasteiger partial charge on any atom is -0.450 e. The van der Waals surface area contributed by atoms with E-state index in [-0.39, 0.29) is 5.41 Å². The first-order valence-corrected chi connectivity index (χ1v) is 20.0. The second-order valence-corrected chi connectivity index (χ2v) is 16.0. The highest BCUT2D eigenvalue weighted by molar-refractivity contribution is 6.25. The Labute approximate surface area is 341 Å². The Balaban J connectivity index is 0.941. The van der Waals surface area contributed by atoms with Gasteiger partial charge in [0.25, 0.3) is 0 Å². The summed E-state index contributed by atoms with van der Waals surface area (Å²) in [6, 6.07) is 61.4. The van der Waals surface area contributed by atoms with Gasteiger partial charge < -0.3 is 9.47 Å². The number of ether oxygens (including phenoxy) is 2. The van der Waals surface area contributed by atoms with Crippen LogP contribution in [0.2, 0.25) is 0 Å². The minimum absolute atomic E-state index is 0.125. The fourth-order valence-corrected chi connectivity index (χ4v) is 9.19. The Morgan fingerprint density at radius 2 is 0.831 bits per heavy atom. The van der Waals surface area contributed by atoms with Gasteiger partial charge >= 0.3 is 0 Å². The molecule has 0 unspecified atom stereocenters. The van der Waals surface area contributed by atoms with Crippen LogP contribution in [0, 0.1) is 0 Å². The van der Waals surface area contributed by atoms with Crippen molar-refractivity contribution in [2.45, 2.75) is 19.3 Å². The third-order valence-corrected chi connectivity index (χ3v) is 12.2. The molecule has 0 atom stereocenters. The number of fused-ring (bicyclic) bond motifs is 11. The number of nitrogens with zero attached hydrogens (tertiary/aromatic N) is 3. The number of hydrogen-bond donors (Lipinski definition) is 0. The molecule has 1 aliphatic carbocycles. The zero-order valence-corrected chi connectivity index (χ0v) is 32.4. The van der Waals surface area contributed by atoms with Crippen molar-refractivity contribution in [2.24, 2.45) is 0 Å². The predicted octanol–water partition coefficient (Wildman–Crippen LogP) is 14.2. The molecule has 1 aromatic heterocycles. The van der Waals surface area contributed by atoms with Gasteiger partial charge in [-0.05, 0) is 102 Å². The van der Waals surface area contributed by atoms with Crippen LogP contribution in [0.5, 0.6) is 23.0 Å². The van der Waals surface area contributed by atoms with Crippen LogP contribution in [0.4, 0.5) is 0 Å². The molecule has 0 amide bonds. The second kappa shape index (κ2) is 12.7. The normalized spacial score (nSPS) is 13.3. The van der Waals surface area contributed by atoms with Crippen molar-refractivity contribution in [2.75, 3.05) is 0 Å². The molecule has 2 aliphatic rings. The van der Waals surface area contributed by atoms with Crippen molar-refractivity contribution in [3.63, 3.8) is 0 Å². The number of hydrogen-bond acceptors (Lipinski definition) is 5. The van der Waals surface area contributed by atoms with E-state index in [1.165, 1.54) is 54.6 Å². The average Bonchev–Trinajstić information content (AvgIpc) is 3.52. The van der Waals surface area contributed by atoms with Gasteiger partial charge in [-0.15, -0.1) is 0 Å². The van der Waals surface area contributed by atoms with Crippen molar-refractivity contribution in [1.29, 1.82) is 0 Å². The molecule has 12 rings (SSSR count). The van der Waals surface area contributed by atoms with Gasteiger partial charge in [0.1, 0.15) is 0 Å². The number of aromatic nitrogens is 3. The van der Waals surface area contributed by atoms with Crippen molar-refractivity contribution < 1.29 is 9.47 Å². The van der Waals surface area contributed by atoms with Crippen LogP contribution >= 0.6 is 0 Å². The highest BCUT2D eigenvalue weighted by Gasteiger charge is 2.37. The molecule has 0 radical (unpaired) electrons. The van der Waals surface area contributed by atoms with Crippen LogP contribution < -0.4 is 9.47 Å². The molecule has 2 heterocycles. The van der Waals surface area contributed by atoms with Gasteiger partial charge in [-0.1, -0.05) is 153 Å². The van der Waals surface area contributed by atoms with Gasteiger partial charge in [0, 0.05) is 22.1 Å². The zero-order chi connectivity index (χ0) is 39.2. The van der Waals surface area contributed by atoms with E-state index in [1.807, 2.05) is 36.4 Å².